The Kier molecular flexibility index (Phi) is 6.67. The van der Waals surface area contributed by atoms with Crippen LogP contribution in [0.5, 0.6) is 0 Å². The molecule has 0 aromatic carbocycles. The summed E-state index contributed by atoms with van der Waals surface area (Å²) < 4.78 is 0. The topological polar surface area (TPSA) is 118 Å². The summed E-state index contributed by atoms with van der Waals surface area (Å²) in [6.07, 6.45) is 12.4. The maximum Gasteiger partial charge on any atom is 0.308 e. The molecule has 0 bridgehead atoms. The molecule has 0 aromatic heterocycles. The van der Waals surface area contributed by atoms with E-state index in [4.69, 9.17) is 0 Å². The molecule has 0 amide bonds. The molecular weight excluding hydrogens is 420 g/mol. The van der Waals surface area contributed by atoms with Gasteiger partial charge < -0.3 is 25.5 Å². The summed E-state index contributed by atoms with van der Waals surface area (Å²) >= 11 is 0. The quantitative estimate of drug-likeness (QED) is 0.369. The monoisotopic (exact) mass is 464 g/mol. The highest BCUT2D eigenvalue weighted by Crippen LogP contribution is 2.66. The van der Waals surface area contributed by atoms with Crippen LogP contribution in [0.25, 0.3) is 0 Å². The zero-order valence-corrected chi connectivity index (χ0v) is 20.6. The highest BCUT2D eigenvalue weighted by molar-refractivity contribution is 5.94. The van der Waals surface area contributed by atoms with Crippen LogP contribution in [0.3, 0.4) is 0 Å². The maximum atomic E-state index is 13.2. The summed E-state index contributed by atoms with van der Waals surface area (Å²) in [4.78, 5) is 13.2. The zero-order chi connectivity index (χ0) is 24.2. The van der Waals surface area contributed by atoms with E-state index >= 15 is 0 Å². The van der Waals surface area contributed by atoms with Gasteiger partial charge in [-0.3, -0.25) is 4.79 Å². The highest BCUT2D eigenvalue weighted by Gasteiger charge is 2.59. The van der Waals surface area contributed by atoms with Crippen molar-refractivity contribution < 1.29 is 30.3 Å². The van der Waals surface area contributed by atoms with Gasteiger partial charge in [-0.05, 0) is 91.9 Å². The van der Waals surface area contributed by atoms with Gasteiger partial charge in [0.05, 0.1) is 6.61 Å². The van der Waals surface area contributed by atoms with E-state index in [1.54, 1.807) is 0 Å². The SMILES string of the molecule is C[C@H](CCCC(O)(CO)C(O)(O)O)[C@H]1CC[C@H]2C3=CC(=O)C4CCCC[C@]4(C)[C@H]3CC[C@]12C. The molecular formula is C27H44O6. The molecule has 0 radical (unpaired) electrons. The molecule has 6 heteroatoms. The van der Waals surface area contributed by atoms with Crippen molar-refractivity contribution in [1.29, 1.82) is 0 Å². The molecule has 3 fully saturated rings. The Morgan fingerprint density at radius 3 is 2.33 bits per heavy atom. The molecule has 4 rings (SSSR count). The van der Waals surface area contributed by atoms with Crippen molar-refractivity contribution in [2.24, 2.45) is 40.4 Å². The lowest BCUT2D eigenvalue weighted by molar-refractivity contribution is -0.397. The summed E-state index contributed by atoms with van der Waals surface area (Å²) in [6, 6.07) is 0. The number of ketones is 1. The van der Waals surface area contributed by atoms with Gasteiger partial charge in [0, 0.05) is 5.92 Å². The van der Waals surface area contributed by atoms with Gasteiger partial charge in [0.15, 0.2) is 11.4 Å². The lowest BCUT2D eigenvalue weighted by Gasteiger charge is -2.56. The van der Waals surface area contributed by atoms with Gasteiger partial charge in [-0.15, -0.1) is 0 Å². The first-order chi connectivity index (χ1) is 15.4. The summed E-state index contributed by atoms with van der Waals surface area (Å²) in [5, 5.41) is 47.8. The standard InChI is InChI=1S/C27H44O6/c1-17(7-6-13-26(30,16-28)27(31,32)33)19-9-10-20-18-15-23(29)22-8-4-5-12-24(22,2)21(18)11-14-25(19,20)3/h15,17,19-22,28,30-33H,4-14,16H2,1-3H3/t17-,19-,20+,21+,22?,24-,25-,26?/m1/s1. The second kappa shape index (κ2) is 8.70. The van der Waals surface area contributed by atoms with Crippen LogP contribution < -0.4 is 0 Å². The van der Waals surface area contributed by atoms with Crippen molar-refractivity contribution in [2.45, 2.75) is 103 Å². The highest BCUT2D eigenvalue weighted by atomic mass is 16.7. The number of hydrogen-bond donors (Lipinski definition) is 5. The van der Waals surface area contributed by atoms with Gasteiger partial charge in [0.1, 0.15) is 0 Å². The van der Waals surface area contributed by atoms with Crippen LogP contribution in [0, 0.1) is 40.4 Å². The van der Waals surface area contributed by atoms with Crippen LogP contribution in [0.1, 0.15) is 91.4 Å². The normalized spacial score (nSPS) is 41.5. The Morgan fingerprint density at radius 2 is 1.67 bits per heavy atom. The fraction of sp³-hybridized carbons (Fsp3) is 0.889. The fourth-order valence-electron chi connectivity index (χ4n) is 8.66. The third kappa shape index (κ3) is 4.04. The second-order valence-electron chi connectivity index (χ2n) is 12.4. The van der Waals surface area contributed by atoms with E-state index in [9.17, 15) is 30.3 Å². The third-order valence-electron chi connectivity index (χ3n) is 10.7. The minimum Gasteiger partial charge on any atom is -0.393 e. The zero-order valence-electron chi connectivity index (χ0n) is 20.6. The predicted molar refractivity (Wildman–Crippen MR) is 125 cm³/mol. The molecule has 4 aliphatic carbocycles. The Hall–Kier alpha value is -0.790. The number of carbonyl (C=O) groups is 1. The average Bonchev–Trinajstić information content (AvgIpc) is 3.10. The molecule has 0 saturated heterocycles. The molecule has 0 aromatic rings. The van der Waals surface area contributed by atoms with Crippen LogP contribution >= 0.6 is 0 Å². The van der Waals surface area contributed by atoms with Crippen LogP contribution in [-0.2, 0) is 4.79 Å². The minimum atomic E-state index is -3.32. The number of fused-ring (bicyclic) bond motifs is 5. The number of rotatable bonds is 7. The second-order valence-corrected chi connectivity index (χ2v) is 12.4. The van der Waals surface area contributed by atoms with E-state index in [0.717, 1.165) is 32.1 Å². The first kappa shape index (κ1) is 25.3. The Labute approximate surface area is 198 Å². The van der Waals surface area contributed by atoms with Gasteiger partial charge >= 0.3 is 5.97 Å². The van der Waals surface area contributed by atoms with E-state index < -0.39 is 18.2 Å². The molecule has 5 N–H and O–H groups in total. The molecule has 33 heavy (non-hydrogen) atoms. The van der Waals surface area contributed by atoms with E-state index in [-0.39, 0.29) is 23.2 Å². The fourth-order valence-corrected chi connectivity index (χ4v) is 8.66. The van der Waals surface area contributed by atoms with E-state index in [0.29, 0.717) is 35.9 Å². The number of aliphatic hydroxyl groups excluding tert-OH is 1. The Morgan fingerprint density at radius 1 is 0.970 bits per heavy atom. The van der Waals surface area contributed by atoms with Crippen molar-refractivity contribution in [2.75, 3.05) is 6.61 Å². The molecule has 0 spiro atoms. The summed E-state index contributed by atoms with van der Waals surface area (Å²) in [7, 11) is 0. The van der Waals surface area contributed by atoms with Gasteiger partial charge in [0.2, 0.25) is 0 Å². The van der Waals surface area contributed by atoms with Crippen molar-refractivity contribution in [1.82, 2.24) is 0 Å². The number of allylic oxidation sites excluding steroid dienone is 2. The summed E-state index contributed by atoms with van der Waals surface area (Å²) in [5.74, 6) is -0.874. The lowest BCUT2D eigenvalue weighted by Crippen LogP contribution is -2.56. The van der Waals surface area contributed by atoms with Crippen LogP contribution in [-0.4, -0.2) is 49.5 Å². The van der Waals surface area contributed by atoms with Crippen molar-refractivity contribution in [3.8, 4) is 0 Å². The molecule has 0 heterocycles. The van der Waals surface area contributed by atoms with Crippen molar-refractivity contribution in [3.05, 3.63) is 11.6 Å². The first-order valence-electron chi connectivity index (χ1n) is 13.1. The number of carbonyl (C=O) groups excluding carboxylic acids is 1. The molecule has 6 nitrogen and oxygen atoms in total. The smallest absolute Gasteiger partial charge is 0.308 e. The van der Waals surface area contributed by atoms with Crippen LogP contribution in [0.2, 0.25) is 0 Å². The van der Waals surface area contributed by atoms with Gasteiger partial charge in [-0.25, -0.2) is 0 Å². The lowest BCUT2D eigenvalue weighted by atomic mass is 9.47. The third-order valence-corrected chi connectivity index (χ3v) is 10.7. The molecule has 2 unspecified atom stereocenters. The van der Waals surface area contributed by atoms with Gasteiger partial charge in [-0.2, -0.15) is 0 Å². The minimum absolute atomic E-state index is 0.0916. The van der Waals surface area contributed by atoms with Crippen molar-refractivity contribution >= 4 is 5.78 Å². The van der Waals surface area contributed by atoms with E-state index in [1.165, 1.54) is 31.3 Å². The largest absolute Gasteiger partial charge is 0.393 e. The molecule has 8 atom stereocenters. The number of aliphatic hydroxyl groups is 5. The molecule has 3 saturated carbocycles. The maximum absolute atomic E-state index is 13.2. The van der Waals surface area contributed by atoms with E-state index in [2.05, 4.69) is 26.8 Å². The van der Waals surface area contributed by atoms with Crippen molar-refractivity contribution in [3.63, 3.8) is 0 Å². The predicted octanol–water partition coefficient (Wildman–Crippen LogP) is 3.30. The van der Waals surface area contributed by atoms with Gasteiger partial charge in [0.25, 0.3) is 0 Å². The summed E-state index contributed by atoms with van der Waals surface area (Å²) in [6.45, 7) is 6.10. The van der Waals surface area contributed by atoms with Crippen LogP contribution in [0.4, 0.5) is 0 Å². The van der Waals surface area contributed by atoms with Crippen LogP contribution in [0.15, 0.2) is 11.6 Å². The molecule has 188 valence electrons. The first-order valence-corrected chi connectivity index (χ1v) is 13.1. The average molecular weight is 465 g/mol. The number of hydrogen-bond acceptors (Lipinski definition) is 6. The Balaban J connectivity index is 1.47. The molecule has 0 aliphatic heterocycles. The molecule has 4 aliphatic rings. The van der Waals surface area contributed by atoms with Gasteiger partial charge in [-0.1, -0.05) is 45.6 Å². The van der Waals surface area contributed by atoms with E-state index in [1.807, 2.05) is 0 Å². The summed E-state index contributed by atoms with van der Waals surface area (Å²) in [5.41, 5.74) is -0.622. The Bertz CT molecular complexity index is 786.